The van der Waals surface area contributed by atoms with Crippen LogP contribution < -0.4 is 10.6 Å². The summed E-state index contributed by atoms with van der Waals surface area (Å²) in [4.78, 5) is 15.7. The topological polar surface area (TPSA) is 74.2 Å². The van der Waals surface area contributed by atoms with Crippen LogP contribution in [0.2, 0.25) is 0 Å². The van der Waals surface area contributed by atoms with Gasteiger partial charge in [-0.1, -0.05) is 6.07 Å². The zero-order chi connectivity index (χ0) is 13.1. The summed E-state index contributed by atoms with van der Waals surface area (Å²) < 4.78 is 0. The smallest absolute Gasteiger partial charge is 0.241 e. The van der Waals surface area contributed by atoms with Crippen molar-refractivity contribution in [3.05, 3.63) is 30.5 Å². The second-order valence-electron chi connectivity index (χ2n) is 4.05. The van der Waals surface area contributed by atoms with E-state index in [0.717, 1.165) is 10.8 Å². The van der Waals surface area contributed by atoms with Gasteiger partial charge >= 0.3 is 0 Å². The van der Waals surface area contributed by atoms with Gasteiger partial charge in [0.2, 0.25) is 5.91 Å². The third-order valence-electron chi connectivity index (χ3n) is 2.74. The first-order valence-corrected chi connectivity index (χ1v) is 5.67. The van der Waals surface area contributed by atoms with E-state index in [1.54, 1.807) is 32.3 Å². The number of amides is 1. The lowest BCUT2D eigenvalue weighted by molar-refractivity contribution is -0.121. The Morgan fingerprint density at radius 1 is 1.39 bits per heavy atom. The highest BCUT2D eigenvalue weighted by molar-refractivity contribution is 5.94. The van der Waals surface area contributed by atoms with Crippen LogP contribution in [0.4, 0.5) is 5.82 Å². The number of hydrogen-bond donors (Lipinski definition) is 3. The quantitative estimate of drug-likeness (QED) is 0.766. The molecule has 0 fully saturated rings. The summed E-state index contributed by atoms with van der Waals surface area (Å²) in [6.45, 7) is 1.75. The number of phenols is 1. The number of carbonyl (C=O) groups excluding carboxylic acids is 1. The van der Waals surface area contributed by atoms with Crippen LogP contribution in [0.3, 0.4) is 0 Å². The fourth-order valence-electron chi connectivity index (χ4n) is 1.76. The minimum absolute atomic E-state index is 0.117. The van der Waals surface area contributed by atoms with Crippen molar-refractivity contribution in [2.24, 2.45) is 0 Å². The van der Waals surface area contributed by atoms with Crippen molar-refractivity contribution in [2.45, 2.75) is 13.0 Å². The molecular weight excluding hydrogens is 230 g/mol. The number of fused-ring (bicyclic) bond motifs is 1. The third kappa shape index (κ3) is 2.34. The number of anilines is 1. The zero-order valence-electron chi connectivity index (χ0n) is 10.3. The Morgan fingerprint density at radius 2 is 2.17 bits per heavy atom. The van der Waals surface area contributed by atoms with Crippen LogP contribution in [0.15, 0.2) is 30.5 Å². The molecule has 0 bridgehead atoms. The molecule has 0 aliphatic heterocycles. The van der Waals surface area contributed by atoms with Crippen molar-refractivity contribution in [3.63, 3.8) is 0 Å². The number of carbonyl (C=O) groups is 1. The standard InChI is InChI=1S/C13H15N3O2/c1-8(13(18)14-2)16-12-11-7-10(17)4-3-9(11)5-6-15-12/h3-8,17H,1-2H3,(H,14,18)(H,15,16). The molecule has 0 spiro atoms. The zero-order valence-corrected chi connectivity index (χ0v) is 10.3. The molecule has 0 aliphatic carbocycles. The van der Waals surface area contributed by atoms with E-state index in [2.05, 4.69) is 15.6 Å². The molecule has 94 valence electrons. The predicted octanol–water partition coefficient (Wildman–Crippen LogP) is 1.49. The predicted molar refractivity (Wildman–Crippen MR) is 70.6 cm³/mol. The van der Waals surface area contributed by atoms with Crippen molar-refractivity contribution >= 4 is 22.5 Å². The van der Waals surface area contributed by atoms with E-state index in [1.165, 1.54) is 0 Å². The van der Waals surface area contributed by atoms with Crippen molar-refractivity contribution in [1.29, 1.82) is 0 Å². The lowest BCUT2D eigenvalue weighted by Gasteiger charge is -2.14. The number of pyridine rings is 1. The molecule has 18 heavy (non-hydrogen) atoms. The average molecular weight is 245 g/mol. The van der Waals surface area contributed by atoms with E-state index < -0.39 is 6.04 Å². The summed E-state index contributed by atoms with van der Waals surface area (Å²) in [6.07, 6.45) is 1.66. The van der Waals surface area contributed by atoms with Crippen LogP contribution in [-0.2, 0) is 4.79 Å². The summed E-state index contributed by atoms with van der Waals surface area (Å²) in [5.74, 6) is 0.639. The number of benzene rings is 1. The van der Waals surface area contributed by atoms with Crippen LogP contribution in [0.5, 0.6) is 5.75 Å². The molecule has 0 saturated carbocycles. The second kappa shape index (κ2) is 4.91. The highest BCUT2D eigenvalue weighted by Gasteiger charge is 2.12. The summed E-state index contributed by atoms with van der Waals surface area (Å²) >= 11 is 0. The minimum Gasteiger partial charge on any atom is -0.508 e. The fraction of sp³-hybridized carbons (Fsp3) is 0.231. The van der Waals surface area contributed by atoms with Gasteiger partial charge in [0.05, 0.1) is 0 Å². The van der Waals surface area contributed by atoms with Crippen LogP contribution in [-0.4, -0.2) is 29.1 Å². The maximum absolute atomic E-state index is 11.5. The van der Waals surface area contributed by atoms with Gasteiger partial charge < -0.3 is 15.7 Å². The maximum atomic E-state index is 11.5. The minimum atomic E-state index is -0.393. The van der Waals surface area contributed by atoms with Crippen LogP contribution in [0.25, 0.3) is 10.8 Å². The van der Waals surface area contributed by atoms with Gasteiger partial charge in [-0.2, -0.15) is 0 Å². The average Bonchev–Trinajstić information content (AvgIpc) is 2.38. The monoisotopic (exact) mass is 245 g/mol. The first-order valence-electron chi connectivity index (χ1n) is 5.67. The SMILES string of the molecule is CNC(=O)C(C)Nc1nccc2ccc(O)cc12. The van der Waals surface area contributed by atoms with E-state index in [1.807, 2.05) is 12.1 Å². The molecule has 0 aliphatic rings. The van der Waals surface area contributed by atoms with Crippen molar-refractivity contribution in [3.8, 4) is 5.75 Å². The lowest BCUT2D eigenvalue weighted by atomic mass is 10.1. The van der Waals surface area contributed by atoms with Crippen molar-refractivity contribution < 1.29 is 9.90 Å². The van der Waals surface area contributed by atoms with Gasteiger partial charge in [0, 0.05) is 18.6 Å². The molecular formula is C13H15N3O2. The number of hydrogen-bond acceptors (Lipinski definition) is 4. The Labute approximate surface area is 105 Å². The number of rotatable bonds is 3. The van der Waals surface area contributed by atoms with E-state index in [0.29, 0.717) is 5.82 Å². The third-order valence-corrected chi connectivity index (χ3v) is 2.74. The highest BCUT2D eigenvalue weighted by Crippen LogP contribution is 2.25. The van der Waals surface area contributed by atoms with Crippen LogP contribution in [0, 0.1) is 0 Å². The highest BCUT2D eigenvalue weighted by atomic mass is 16.3. The van der Waals surface area contributed by atoms with Crippen molar-refractivity contribution in [2.75, 3.05) is 12.4 Å². The largest absolute Gasteiger partial charge is 0.508 e. The van der Waals surface area contributed by atoms with E-state index >= 15 is 0 Å². The maximum Gasteiger partial charge on any atom is 0.241 e. The van der Waals surface area contributed by atoms with Gasteiger partial charge in [0.1, 0.15) is 17.6 Å². The molecule has 2 rings (SSSR count). The summed E-state index contributed by atoms with van der Waals surface area (Å²) in [6, 6.07) is 6.51. The van der Waals surface area contributed by atoms with Gasteiger partial charge in [-0.15, -0.1) is 0 Å². The first kappa shape index (κ1) is 12.2. The molecule has 3 N–H and O–H groups in total. The molecule has 2 aromatic rings. The second-order valence-corrected chi connectivity index (χ2v) is 4.05. The van der Waals surface area contributed by atoms with E-state index in [9.17, 15) is 9.90 Å². The number of aromatic hydroxyl groups is 1. The van der Waals surface area contributed by atoms with Gasteiger partial charge in [0.25, 0.3) is 0 Å². The molecule has 1 unspecified atom stereocenters. The summed E-state index contributed by atoms with van der Waals surface area (Å²) in [5.41, 5.74) is 0. The number of nitrogens with zero attached hydrogens (tertiary/aromatic N) is 1. The Morgan fingerprint density at radius 3 is 2.89 bits per heavy atom. The molecule has 1 aromatic carbocycles. The molecule has 0 saturated heterocycles. The first-order chi connectivity index (χ1) is 8.61. The van der Waals surface area contributed by atoms with Gasteiger partial charge in [-0.3, -0.25) is 4.79 Å². The number of phenolic OH excluding ortho intramolecular Hbond substituents is 1. The van der Waals surface area contributed by atoms with Gasteiger partial charge in [0.15, 0.2) is 0 Å². The Hall–Kier alpha value is -2.30. The van der Waals surface area contributed by atoms with E-state index in [4.69, 9.17) is 0 Å². The molecule has 1 heterocycles. The van der Waals surface area contributed by atoms with Crippen LogP contribution >= 0.6 is 0 Å². The van der Waals surface area contributed by atoms with Crippen molar-refractivity contribution in [1.82, 2.24) is 10.3 Å². The fourth-order valence-corrected chi connectivity index (χ4v) is 1.76. The summed E-state index contributed by atoms with van der Waals surface area (Å²) in [5, 5.41) is 16.8. The number of nitrogens with one attached hydrogen (secondary N) is 2. The van der Waals surface area contributed by atoms with Gasteiger partial charge in [-0.05, 0) is 30.5 Å². The molecule has 5 heteroatoms. The lowest BCUT2D eigenvalue weighted by Crippen LogP contribution is -2.35. The molecule has 0 radical (unpaired) electrons. The molecule has 1 atom stereocenters. The molecule has 1 amide bonds. The Kier molecular flexibility index (Phi) is 3.32. The van der Waals surface area contributed by atoms with E-state index in [-0.39, 0.29) is 11.7 Å². The van der Waals surface area contributed by atoms with Crippen LogP contribution in [0.1, 0.15) is 6.92 Å². The number of likely N-dealkylation sites (N-methyl/N-ethyl adjacent to an activating group) is 1. The molecule has 5 nitrogen and oxygen atoms in total. The number of aromatic nitrogens is 1. The van der Waals surface area contributed by atoms with Gasteiger partial charge in [-0.25, -0.2) is 4.98 Å². The Bertz CT molecular complexity index is 583. The Balaban J connectivity index is 2.38. The molecule has 1 aromatic heterocycles. The normalized spacial score (nSPS) is 12.1. The summed E-state index contributed by atoms with van der Waals surface area (Å²) in [7, 11) is 1.59.